The molecule has 1 atom stereocenters. The zero-order chi connectivity index (χ0) is 14.9. The number of fused-ring (bicyclic) bond motifs is 1. The smallest absolute Gasteiger partial charge is 0.326 e. The Balaban J connectivity index is 2.48. The van der Waals surface area contributed by atoms with Gasteiger partial charge in [0.2, 0.25) is 0 Å². The van der Waals surface area contributed by atoms with Gasteiger partial charge in [-0.1, -0.05) is 0 Å². The van der Waals surface area contributed by atoms with E-state index >= 15 is 0 Å². The topological polar surface area (TPSA) is 52.6 Å². The molecule has 0 fully saturated rings. The van der Waals surface area contributed by atoms with E-state index in [0.717, 1.165) is 0 Å². The molecule has 1 aliphatic carbocycles. The van der Waals surface area contributed by atoms with Crippen molar-refractivity contribution in [1.82, 2.24) is 0 Å². The quantitative estimate of drug-likeness (QED) is 0.628. The third-order valence-corrected chi connectivity index (χ3v) is 3.44. The second-order valence-corrected chi connectivity index (χ2v) is 4.52. The summed E-state index contributed by atoms with van der Waals surface area (Å²) < 4.78 is 36.5. The third-order valence-electron chi connectivity index (χ3n) is 3.44. The first-order valence-corrected chi connectivity index (χ1v) is 6.14. The molecule has 4 nitrogen and oxygen atoms in total. The average Bonchev–Trinajstić information content (AvgIpc) is 2.73. The summed E-state index contributed by atoms with van der Waals surface area (Å²) in [5, 5.41) is 0. The van der Waals surface area contributed by atoms with Gasteiger partial charge < -0.3 is 9.47 Å². The van der Waals surface area contributed by atoms with Gasteiger partial charge in [0.1, 0.15) is 5.75 Å². The average molecular weight is 284 g/mol. The van der Waals surface area contributed by atoms with E-state index in [4.69, 9.17) is 4.74 Å². The van der Waals surface area contributed by atoms with Crippen LogP contribution in [0.25, 0.3) is 0 Å². The van der Waals surface area contributed by atoms with Crippen molar-refractivity contribution in [2.75, 3.05) is 13.7 Å². The Kier molecular flexibility index (Phi) is 3.74. The molecule has 0 aliphatic heterocycles. The predicted molar refractivity (Wildman–Crippen MR) is 66.1 cm³/mol. The second-order valence-electron chi connectivity index (χ2n) is 4.52. The van der Waals surface area contributed by atoms with Crippen molar-refractivity contribution < 1.29 is 27.8 Å². The molecule has 0 amide bonds. The van der Waals surface area contributed by atoms with E-state index in [1.807, 2.05) is 0 Å². The van der Waals surface area contributed by atoms with Crippen LogP contribution in [0.4, 0.5) is 8.78 Å². The second kappa shape index (κ2) is 5.19. The summed E-state index contributed by atoms with van der Waals surface area (Å²) in [7, 11) is 1.43. The fourth-order valence-electron chi connectivity index (χ4n) is 2.38. The number of benzene rings is 1. The highest BCUT2D eigenvalue weighted by molar-refractivity contribution is 6.16. The van der Waals surface area contributed by atoms with Crippen LogP contribution < -0.4 is 4.74 Å². The van der Waals surface area contributed by atoms with Crippen LogP contribution in [0.1, 0.15) is 22.8 Å². The van der Waals surface area contributed by atoms with Crippen molar-refractivity contribution in [3.05, 3.63) is 29.3 Å². The van der Waals surface area contributed by atoms with E-state index in [-0.39, 0.29) is 18.6 Å². The first-order chi connectivity index (χ1) is 9.47. The molecule has 0 saturated heterocycles. The molecule has 108 valence electrons. The predicted octanol–water partition coefficient (Wildman–Crippen LogP) is 2.25. The number of carbonyl (C=O) groups is 2. The third kappa shape index (κ3) is 1.95. The number of hydrogen-bond acceptors (Lipinski definition) is 4. The van der Waals surface area contributed by atoms with Crippen LogP contribution in [0.3, 0.4) is 0 Å². The Morgan fingerprint density at radius 2 is 2.15 bits per heavy atom. The van der Waals surface area contributed by atoms with Gasteiger partial charge in [-0.2, -0.15) is 0 Å². The Labute approximate surface area is 114 Å². The number of carbonyl (C=O) groups excluding carboxylic acids is 2. The van der Waals surface area contributed by atoms with Gasteiger partial charge in [-0.25, -0.2) is 8.78 Å². The number of ketones is 1. The molecule has 1 aliphatic rings. The maximum Gasteiger partial charge on any atom is 0.326 e. The number of Topliss-reactive ketones (excluding diaryl/α,β-unsaturated/α-hetero) is 1. The normalized spacial score (nSPS) is 20.9. The molecule has 2 rings (SSSR count). The summed E-state index contributed by atoms with van der Waals surface area (Å²) in [4.78, 5) is 24.1. The van der Waals surface area contributed by atoms with Crippen LogP contribution in [0.15, 0.2) is 18.2 Å². The number of hydrogen-bond donors (Lipinski definition) is 0. The molecule has 0 heterocycles. The molecule has 20 heavy (non-hydrogen) atoms. The molecular formula is C14H14F2O4. The molecule has 0 radical (unpaired) electrons. The van der Waals surface area contributed by atoms with Crippen LogP contribution in [0.2, 0.25) is 0 Å². The van der Waals surface area contributed by atoms with Gasteiger partial charge >= 0.3 is 5.97 Å². The standard InChI is InChI=1S/C14H14F2O4/c1-3-20-13(18)14(12(15)16)7-8-6-9(19-2)4-5-10(8)11(14)17/h4-6,12H,3,7H2,1-2H3. The lowest BCUT2D eigenvalue weighted by Crippen LogP contribution is -2.45. The van der Waals surface area contributed by atoms with Gasteiger partial charge in [-0.15, -0.1) is 0 Å². The highest BCUT2D eigenvalue weighted by atomic mass is 19.3. The Morgan fingerprint density at radius 1 is 1.45 bits per heavy atom. The number of ether oxygens (including phenoxy) is 2. The molecule has 0 bridgehead atoms. The molecule has 6 heteroatoms. The Morgan fingerprint density at radius 3 is 2.70 bits per heavy atom. The van der Waals surface area contributed by atoms with Crippen LogP contribution >= 0.6 is 0 Å². The monoisotopic (exact) mass is 284 g/mol. The number of esters is 1. The Bertz CT molecular complexity index is 556. The van der Waals surface area contributed by atoms with E-state index in [2.05, 4.69) is 4.74 Å². The van der Waals surface area contributed by atoms with Crippen molar-refractivity contribution in [1.29, 1.82) is 0 Å². The number of rotatable bonds is 4. The summed E-state index contributed by atoms with van der Waals surface area (Å²) in [5.41, 5.74) is -1.92. The first-order valence-electron chi connectivity index (χ1n) is 6.14. The van der Waals surface area contributed by atoms with Crippen molar-refractivity contribution in [3.8, 4) is 5.75 Å². The zero-order valence-electron chi connectivity index (χ0n) is 11.1. The minimum absolute atomic E-state index is 0.0553. The van der Waals surface area contributed by atoms with Crippen LogP contribution in [0, 0.1) is 5.41 Å². The lowest BCUT2D eigenvalue weighted by atomic mass is 9.84. The van der Waals surface area contributed by atoms with Crippen LogP contribution in [-0.4, -0.2) is 31.9 Å². The van der Waals surface area contributed by atoms with E-state index in [0.29, 0.717) is 11.3 Å². The Hall–Kier alpha value is -1.98. The van der Waals surface area contributed by atoms with Gasteiger partial charge in [0, 0.05) is 12.0 Å². The molecule has 1 aromatic rings. The van der Waals surface area contributed by atoms with E-state index in [9.17, 15) is 18.4 Å². The molecular weight excluding hydrogens is 270 g/mol. The fraction of sp³-hybridized carbons (Fsp3) is 0.429. The largest absolute Gasteiger partial charge is 0.497 e. The number of halogens is 2. The van der Waals surface area contributed by atoms with Gasteiger partial charge in [-0.05, 0) is 30.7 Å². The lowest BCUT2D eigenvalue weighted by molar-refractivity contribution is -0.159. The van der Waals surface area contributed by atoms with Crippen LogP contribution in [-0.2, 0) is 16.0 Å². The van der Waals surface area contributed by atoms with Gasteiger partial charge in [0.05, 0.1) is 13.7 Å². The highest BCUT2D eigenvalue weighted by Crippen LogP contribution is 2.43. The minimum atomic E-state index is -3.12. The highest BCUT2D eigenvalue weighted by Gasteiger charge is 2.59. The molecule has 1 unspecified atom stereocenters. The molecule has 0 spiro atoms. The van der Waals surface area contributed by atoms with Crippen molar-refractivity contribution in [3.63, 3.8) is 0 Å². The van der Waals surface area contributed by atoms with E-state index in [1.54, 1.807) is 0 Å². The number of alkyl halides is 2. The maximum atomic E-state index is 13.4. The van der Waals surface area contributed by atoms with Crippen molar-refractivity contribution >= 4 is 11.8 Å². The van der Waals surface area contributed by atoms with Crippen LogP contribution in [0.5, 0.6) is 5.75 Å². The summed E-state index contributed by atoms with van der Waals surface area (Å²) in [5.74, 6) is -1.61. The summed E-state index contributed by atoms with van der Waals surface area (Å²) in [6.07, 6.45) is -3.48. The van der Waals surface area contributed by atoms with E-state index < -0.39 is 23.6 Å². The molecule has 0 aromatic heterocycles. The van der Waals surface area contributed by atoms with Gasteiger partial charge in [0.25, 0.3) is 6.43 Å². The fourth-order valence-corrected chi connectivity index (χ4v) is 2.38. The summed E-state index contributed by atoms with van der Waals surface area (Å²) in [6.45, 7) is 1.45. The van der Waals surface area contributed by atoms with Gasteiger partial charge in [-0.3, -0.25) is 9.59 Å². The van der Waals surface area contributed by atoms with Gasteiger partial charge in [0.15, 0.2) is 11.2 Å². The zero-order valence-corrected chi connectivity index (χ0v) is 11.1. The van der Waals surface area contributed by atoms with Crippen molar-refractivity contribution in [2.24, 2.45) is 5.41 Å². The first kappa shape index (κ1) is 14.4. The minimum Gasteiger partial charge on any atom is -0.497 e. The molecule has 0 N–H and O–H groups in total. The van der Waals surface area contributed by atoms with Crippen molar-refractivity contribution in [2.45, 2.75) is 19.8 Å². The summed E-state index contributed by atoms with van der Waals surface area (Å²) in [6, 6.07) is 4.40. The summed E-state index contributed by atoms with van der Waals surface area (Å²) >= 11 is 0. The lowest BCUT2D eigenvalue weighted by Gasteiger charge is -2.23. The molecule has 1 aromatic carbocycles. The SMILES string of the molecule is CCOC(=O)C1(C(F)F)Cc2cc(OC)ccc2C1=O. The maximum absolute atomic E-state index is 13.4. The van der Waals surface area contributed by atoms with E-state index in [1.165, 1.54) is 32.2 Å². The number of methoxy groups -OCH3 is 1. The molecule has 0 saturated carbocycles.